The minimum Gasteiger partial charge on any atom is -0.481 e. The number of carbonyl (C=O) groups is 2. The average Bonchev–Trinajstić information content (AvgIpc) is 2.30. The van der Waals surface area contributed by atoms with Gasteiger partial charge in [0.25, 0.3) is 0 Å². The van der Waals surface area contributed by atoms with Crippen LogP contribution in [0.2, 0.25) is 0 Å². The molecule has 0 saturated heterocycles. The van der Waals surface area contributed by atoms with E-state index >= 15 is 0 Å². The molecule has 0 aliphatic heterocycles. The Morgan fingerprint density at radius 2 is 1.89 bits per heavy atom. The molecule has 6 heteroatoms. The van der Waals surface area contributed by atoms with Gasteiger partial charge in [-0.15, -0.1) is 0 Å². The molecule has 5 N–H and O–H groups in total. The van der Waals surface area contributed by atoms with Gasteiger partial charge in [-0.25, -0.2) is 4.79 Å². The summed E-state index contributed by atoms with van der Waals surface area (Å²) in [6.07, 6.45) is 6.24. The lowest BCUT2D eigenvalue weighted by Crippen LogP contribution is -2.55. The van der Waals surface area contributed by atoms with Crippen molar-refractivity contribution >= 4 is 12.0 Å². The van der Waals surface area contributed by atoms with Crippen molar-refractivity contribution in [1.82, 2.24) is 10.6 Å². The van der Waals surface area contributed by atoms with E-state index in [9.17, 15) is 9.59 Å². The smallest absolute Gasteiger partial charge is 0.315 e. The number of carboxylic acid groups (broad SMARTS) is 1. The molecule has 0 radical (unpaired) electrons. The Morgan fingerprint density at radius 1 is 1.21 bits per heavy atom. The SMILES string of the molecule is NC1CCCCC1NC(=O)NCC1(C(=O)O)CCC1. The van der Waals surface area contributed by atoms with Crippen molar-refractivity contribution in [1.29, 1.82) is 0 Å². The molecule has 2 aliphatic carbocycles. The van der Waals surface area contributed by atoms with Gasteiger partial charge < -0.3 is 21.5 Å². The molecule has 2 saturated carbocycles. The van der Waals surface area contributed by atoms with Crippen LogP contribution < -0.4 is 16.4 Å². The zero-order valence-corrected chi connectivity index (χ0v) is 11.2. The predicted octanol–water partition coefficient (Wildman–Crippen LogP) is 0.810. The second kappa shape index (κ2) is 5.77. The zero-order chi connectivity index (χ0) is 13.9. The Hall–Kier alpha value is -1.30. The normalized spacial score (nSPS) is 29.1. The van der Waals surface area contributed by atoms with Gasteiger partial charge in [-0.1, -0.05) is 19.3 Å². The highest BCUT2D eigenvalue weighted by Gasteiger charge is 2.44. The minimum absolute atomic E-state index is 0.0101. The first-order valence-corrected chi connectivity index (χ1v) is 7.07. The third kappa shape index (κ3) is 3.18. The predicted molar refractivity (Wildman–Crippen MR) is 70.7 cm³/mol. The summed E-state index contributed by atoms with van der Waals surface area (Å²) in [5.41, 5.74) is 5.21. The number of urea groups is 1. The molecule has 2 fully saturated rings. The molecule has 2 rings (SSSR count). The van der Waals surface area contributed by atoms with Crippen LogP contribution in [0.25, 0.3) is 0 Å². The quantitative estimate of drug-likeness (QED) is 0.606. The Morgan fingerprint density at radius 3 is 2.42 bits per heavy atom. The van der Waals surface area contributed by atoms with Crippen molar-refractivity contribution in [2.24, 2.45) is 11.1 Å². The molecule has 19 heavy (non-hydrogen) atoms. The highest BCUT2D eigenvalue weighted by Crippen LogP contribution is 2.40. The van der Waals surface area contributed by atoms with E-state index in [2.05, 4.69) is 10.6 Å². The van der Waals surface area contributed by atoms with Crippen LogP contribution in [-0.4, -0.2) is 35.7 Å². The fourth-order valence-electron chi connectivity index (χ4n) is 2.88. The van der Waals surface area contributed by atoms with Gasteiger partial charge >= 0.3 is 12.0 Å². The van der Waals surface area contributed by atoms with E-state index in [1.165, 1.54) is 0 Å². The standard InChI is InChI=1S/C13H23N3O3/c14-9-4-1-2-5-10(9)16-12(19)15-8-13(11(17)18)6-3-7-13/h9-10H,1-8,14H2,(H,17,18)(H2,15,16,19). The van der Waals surface area contributed by atoms with E-state index in [0.29, 0.717) is 12.8 Å². The third-order valence-corrected chi connectivity index (χ3v) is 4.49. The van der Waals surface area contributed by atoms with Crippen LogP contribution in [0.4, 0.5) is 4.79 Å². The van der Waals surface area contributed by atoms with Crippen molar-refractivity contribution in [3.05, 3.63) is 0 Å². The number of carboxylic acids is 1. The Balaban J connectivity index is 1.76. The summed E-state index contributed by atoms with van der Waals surface area (Å²) < 4.78 is 0. The molecule has 108 valence electrons. The summed E-state index contributed by atoms with van der Waals surface area (Å²) in [7, 11) is 0. The number of amides is 2. The zero-order valence-electron chi connectivity index (χ0n) is 11.2. The Bertz CT molecular complexity index is 355. The second-order valence-electron chi connectivity index (χ2n) is 5.82. The monoisotopic (exact) mass is 269 g/mol. The number of nitrogens with one attached hydrogen (secondary N) is 2. The maximum atomic E-state index is 11.8. The summed E-state index contributed by atoms with van der Waals surface area (Å²) in [5, 5.41) is 14.7. The average molecular weight is 269 g/mol. The molecule has 0 bridgehead atoms. The van der Waals surface area contributed by atoms with Gasteiger partial charge in [0.05, 0.1) is 5.41 Å². The van der Waals surface area contributed by atoms with Gasteiger partial charge in [0.2, 0.25) is 0 Å². The number of carbonyl (C=O) groups excluding carboxylic acids is 1. The number of aliphatic carboxylic acids is 1. The number of rotatable bonds is 4. The summed E-state index contributed by atoms with van der Waals surface area (Å²) in [6, 6.07) is -0.276. The van der Waals surface area contributed by atoms with E-state index < -0.39 is 11.4 Å². The lowest BCUT2D eigenvalue weighted by molar-refractivity contribution is -0.153. The van der Waals surface area contributed by atoms with Crippen molar-refractivity contribution in [3.63, 3.8) is 0 Å². The van der Waals surface area contributed by atoms with Crippen molar-refractivity contribution in [3.8, 4) is 0 Å². The molecule has 0 aromatic heterocycles. The van der Waals surface area contributed by atoms with Gasteiger partial charge in [0.15, 0.2) is 0 Å². The lowest BCUT2D eigenvalue weighted by atomic mass is 9.69. The van der Waals surface area contributed by atoms with Gasteiger partial charge in [-0.2, -0.15) is 0 Å². The third-order valence-electron chi connectivity index (χ3n) is 4.49. The number of hydrogen-bond donors (Lipinski definition) is 4. The molecule has 0 spiro atoms. The van der Waals surface area contributed by atoms with E-state index in [4.69, 9.17) is 10.8 Å². The first kappa shape index (κ1) is 14.1. The van der Waals surface area contributed by atoms with Crippen LogP contribution in [0.15, 0.2) is 0 Å². The van der Waals surface area contributed by atoms with Gasteiger partial charge in [0.1, 0.15) is 0 Å². The van der Waals surface area contributed by atoms with Crippen LogP contribution in [-0.2, 0) is 4.79 Å². The molecule has 2 amide bonds. The fourth-order valence-corrected chi connectivity index (χ4v) is 2.88. The molecule has 6 nitrogen and oxygen atoms in total. The largest absolute Gasteiger partial charge is 0.481 e. The maximum Gasteiger partial charge on any atom is 0.315 e. The van der Waals surface area contributed by atoms with E-state index in [0.717, 1.165) is 32.1 Å². The molecule has 0 aromatic rings. The molecule has 0 heterocycles. The first-order chi connectivity index (χ1) is 9.03. The first-order valence-electron chi connectivity index (χ1n) is 7.07. The molecular weight excluding hydrogens is 246 g/mol. The van der Waals surface area contributed by atoms with Crippen molar-refractivity contribution in [2.45, 2.75) is 57.0 Å². The van der Waals surface area contributed by atoms with Crippen molar-refractivity contribution < 1.29 is 14.7 Å². The van der Waals surface area contributed by atoms with E-state index in [1.54, 1.807) is 0 Å². The second-order valence-corrected chi connectivity index (χ2v) is 5.82. The summed E-state index contributed by atoms with van der Waals surface area (Å²) in [6.45, 7) is 0.204. The van der Waals surface area contributed by atoms with E-state index in [-0.39, 0.29) is 24.7 Å². The maximum absolute atomic E-state index is 11.8. The highest BCUT2D eigenvalue weighted by molar-refractivity contribution is 5.79. The Labute approximate surface area is 113 Å². The van der Waals surface area contributed by atoms with Gasteiger partial charge in [-0.3, -0.25) is 4.79 Å². The fraction of sp³-hybridized carbons (Fsp3) is 0.846. The van der Waals surface area contributed by atoms with E-state index in [1.807, 2.05) is 0 Å². The highest BCUT2D eigenvalue weighted by atomic mass is 16.4. The van der Waals surface area contributed by atoms with Crippen LogP contribution in [0.3, 0.4) is 0 Å². The number of hydrogen-bond acceptors (Lipinski definition) is 3. The molecule has 2 aliphatic rings. The van der Waals surface area contributed by atoms with Gasteiger partial charge in [-0.05, 0) is 25.7 Å². The van der Waals surface area contributed by atoms with Crippen molar-refractivity contribution in [2.75, 3.05) is 6.54 Å². The molecule has 2 atom stereocenters. The molecule has 2 unspecified atom stereocenters. The lowest BCUT2D eigenvalue weighted by Gasteiger charge is -2.38. The van der Waals surface area contributed by atoms with Crippen LogP contribution >= 0.6 is 0 Å². The van der Waals surface area contributed by atoms with Gasteiger partial charge in [0, 0.05) is 18.6 Å². The number of nitrogens with two attached hydrogens (primary N) is 1. The Kier molecular flexibility index (Phi) is 4.29. The minimum atomic E-state index is -0.812. The van der Waals surface area contributed by atoms with Crippen LogP contribution in [0, 0.1) is 5.41 Å². The molecular formula is C13H23N3O3. The molecule has 0 aromatic carbocycles. The summed E-state index contributed by atoms with van der Waals surface area (Å²) in [4.78, 5) is 23.0. The summed E-state index contributed by atoms with van der Waals surface area (Å²) in [5.74, 6) is -0.812. The van der Waals surface area contributed by atoms with Crippen LogP contribution in [0.5, 0.6) is 0 Å². The summed E-state index contributed by atoms with van der Waals surface area (Å²) >= 11 is 0. The topological polar surface area (TPSA) is 104 Å². The van der Waals surface area contributed by atoms with Crippen LogP contribution in [0.1, 0.15) is 44.9 Å².